The van der Waals surface area contributed by atoms with E-state index in [4.69, 9.17) is 9.47 Å². The van der Waals surface area contributed by atoms with Crippen LogP contribution in [0.15, 0.2) is 36.5 Å². The summed E-state index contributed by atoms with van der Waals surface area (Å²) < 4.78 is 24.6. The van der Waals surface area contributed by atoms with E-state index in [1.54, 1.807) is 6.20 Å². The smallest absolute Gasteiger partial charge is 0.234 e. The molecule has 1 saturated carbocycles. The zero-order valence-electron chi connectivity index (χ0n) is 16.0. The number of amides is 1. The Kier molecular flexibility index (Phi) is 5.31. The van der Waals surface area contributed by atoms with Crippen molar-refractivity contribution < 1.29 is 18.7 Å². The minimum atomic E-state index is -0.836. The number of nitrogens with zero attached hydrogens (tertiary/aromatic N) is 1. The van der Waals surface area contributed by atoms with Crippen molar-refractivity contribution in [1.29, 1.82) is 0 Å². The van der Waals surface area contributed by atoms with Gasteiger partial charge in [-0.05, 0) is 60.7 Å². The lowest BCUT2D eigenvalue weighted by Crippen LogP contribution is -2.26. The van der Waals surface area contributed by atoms with Crippen molar-refractivity contribution in [3.05, 3.63) is 42.1 Å². The zero-order chi connectivity index (χ0) is 19.6. The van der Waals surface area contributed by atoms with Crippen molar-refractivity contribution in [3.8, 4) is 16.9 Å². The van der Waals surface area contributed by atoms with Crippen LogP contribution in [0.3, 0.4) is 0 Å². The van der Waals surface area contributed by atoms with Gasteiger partial charge in [-0.3, -0.25) is 4.79 Å². The van der Waals surface area contributed by atoms with Gasteiger partial charge in [-0.15, -0.1) is 0 Å². The van der Waals surface area contributed by atoms with Crippen LogP contribution in [0.25, 0.3) is 11.1 Å². The molecule has 1 aromatic carbocycles. The van der Waals surface area contributed by atoms with Crippen molar-refractivity contribution in [3.63, 3.8) is 0 Å². The van der Waals surface area contributed by atoms with Crippen LogP contribution < -0.4 is 10.1 Å². The largest absolute Gasteiger partial charge is 0.490 e. The maximum atomic E-state index is 13.1. The standard InChI is InChI=1S/C22H25FN2O3/c1-15-12-16(2-3-19(15)28-18-5-10-27-11-6-18)17-4-9-24-20(13-17)25-21(26)22(14-23)7-8-22/h2-4,9,12-13,18H,5-8,10-11,14H2,1H3,(H,24,25,26). The van der Waals surface area contributed by atoms with E-state index in [0.717, 1.165) is 48.5 Å². The first-order valence-electron chi connectivity index (χ1n) is 9.78. The first-order chi connectivity index (χ1) is 13.6. The van der Waals surface area contributed by atoms with Gasteiger partial charge in [0, 0.05) is 19.0 Å². The molecule has 1 N–H and O–H groups in total. The lowest BCUT2D eigenvalue weighted by molar-refractivity contribution is -0.121. The number of benzene rings is 1. The molecule has 0 unspecified atom stereocenters. The Labute approximate surface area is 164 Å². The molecule has 1 amide bonds. The van der Waals surface area contributed by atoms with Crippen LogP contribution in [-0.2, 0) is 9.53 Å². The number of anilines is 1. The predicted molar refractivity (Wildman–Crippen MR) is 105 cm³/mol. The van der Waals surface area contributed by atoms with Crippen LogP contribution in [0.1, 0.15) is 31.2 Å². The second-order valence-corrected chi connectivity index (χ2v) is 7.71. The van der Waals surface area contributed by atoms with E-state index in [0.29, 0.717) is 18.7 Å². The van der Waals surface area contributed by atoms with Crippen molar-refractivity contribution in [2.75, 3.05) is 25.2 Å². The summed E-state index contributed by atoms with van der Waals surface area (Å²) >= 11 is 0. The van der Waals surface area contributed by atoms with Crippen LogP contribution in [0.5, 0.6) is 5.75 Å². The van der Waals surface area contributed by atoms with Gasteiger partial charge in [-0.1, -0.05) is 6.07 Å². The fraction of sp³-hybridized carbons (Fsp3) is 0.455. The van der Waals surface area contributed by atoms with Gasteiger partial charge in [-0.25, -0.2) is 9.37 Å². The molecule has 1 saturated heterocycles. The first-order valence-corrected chi connectivity index (χ1v) is 9.78. The molecular formula is C22H25FN2O3. The van der Waals surface area contributed by atoms with E-state index in [-0.39, 0.29) is 12.0 Å². The number of ether oxygens (including phenoxy) is 2. The fourth-order valence-corrected chi connectivity index (χ4v) is 3.43. The molecule has 5 nitrogen and oxygen atoms in total. The number of carbonyl (C=O) groups excluding carboxylic acids is 1. The maximum absolute atomic E-state index is 13.1. The highest BCUT2D eigenvalue weighted by molar-refractivity contribution is 5.97. The van der Waals surface area contributed by atoms with Gasteiger partial charge in [0.2, 0.25) is 5.91 Å². The molecule has 148 valence electrons. The maximum Gasteiger partial charge on any atom is 0.234 e. The molecule has 1 aromatic heterocycles. The van der Waals surface area contributed by atoms with Crippen LogP contribution in [0.4, 0.5) is 10.2 Å². The van der Waals surface area contributed by atoms with E-state index in [9.17, 15) is 9.18 Å². The number of aromatic nitrogens is 1. The van der Waals surface area contributed by atoms with Gasteiger partial charge in [0.15, 0.2) is 0 Å². The summed E-state index contributed by atoms with van der Waals surface area (Å²) in [5, 5.41) is 2.76. The Balaban J connectivity index is 1.48. The van der Waals surface area contributed by atoms with Gasteiger partial charge in [0.25, 0.3) is 0 Å². The predicted octanol–water partition coefficient (Wildman–Crippen LogP) is 4.30. The molecule has 28 heavy (non-hydrogen) atoms. The van der Waals surface area contributed by atoms with Gasteiger partial charge in [-0.2, -0.15) is 0 Å². The summed E-state index contributed by atoms with van der Waals surface area (Å²) in [6.45, 7) is 2.90. The van der Waals surface area contributed by atoms with Crippen LogP contribution in [0, 0.1) is 12.3 Å². The second kappa shape index (κ2) is 7.87. The van der Waals surface area contributed by atoms with Crippen LogP contribution in [0.2, 0.25) is 0 Å². The minimum Gasteiger partial charge on any atom is -0.490 e. The van der Waals surface area contributed by atoms with Gasteiger partial charge < -0.3 is 14.8 Å². The molecule has 0 bridgehead atoms. The molecular weight excluding hydrogens is 359 g/mol. The molecule has 0 spiro atoms. The summed E-state index contributed by atoms with van der Waals surface area (Å²) in [5.74, 6) is 1.05. The summed E-state index contributed by atoms with van der Waals surface area (Å²) in [6, 6.07) is 9.78. The number of hydrogen-bond acceptors (Lipinski definition) is 4. The molecule has 2 aliphatic rings. The number of alkyl halides is 1. The topological polar surface area (TPSA) is 60.5 Å². The summed E-state index contributed by atoms with van der Waals surface area (Å²) in [7, 11) is 0. The molecule has 1 aliphatic heterocycles. The fourth-order valence-electron chi connectivity index (χ4n) is 3.43. The van der Waals surface area contributed by atoms with Gasteiger partial charge in [0.05, 0.1) is 18.6 Å². The third-order valence-corrected chi connectivity index (χ3v) is 5.56. The number of halogens is 1. The van der Waals surface area contributed by atoms with E-state index in [1.165, 1.54) is 0 Å². The highest BCUT2D eigenvalue weighted by Crippen LogP contribution is 2.46. The molecule has 0 radical (unpaired) electrons. The van der Waals surface area contributed by atoms with Crippen molar-refractivity contribution >= 4 is 11.7 Å². The monoisotopic (exact) mass is 384 g/mol. The van der Waals surface area contributed by atoms with E-state index in [1.807, 2.05) is 31.2 Å². The van der Waals surface area contributed by atoms with Crippen molar-refractivity contribution in [1.82, 2.24) is 4.98 Å². The van der Waals surface area contributed by atoms with E-state index >= 15 is 0 Å². The zero-order valence-corrected chi connectivity index (χ0v) is 16.0. The minimum absolute atomic E-state index is 0.200. The van der Waals surface area contributed by atoms with Gasteiger partial charge in [0.1, 0.15) is 24.3 Å². The van der Waals surface area contributed by atoms with E-state index < -0.39 is 12.1 Å². The average Bonchev–Trinajstić information content (AvgIpc) is 3.52. The Hall–Kier alpha value is -2.47. The number of aryl methyl sites for hydroxylation is 1. The summed E-state index contributed by atoms with van der Waals surface area (Å²) in [6.07, 6.45) is 4.88. The highest BCUT2D eigenvalue weighted by Gasteiger charge is 2.50. The molecule has 2 fully saturated rings. The highest BCUT2D eigenvalue weighted by atomic mass is 19.1. The average molecular weight is 384 g/mol. The lowest BCUT2D eigenvalue weighted by atomic mass is 10.0. The number of hydrogen-bond donors (Lipinski definition) is 1. The van der Waals surface area contributed by atoms with Crippen molar-refractivity contribution in [2.45, 2.75) is 38.7 Å². The summed E-state index contributed by atoms with van der Waals surface area (Å²) in [5.41, 5.74) is 2.18. The number of nitrogens with one attached hydrogen (secondary N) is 1. The third kappa shape index (κ3) is 4.02. The number of pyridine rings is 1. The van der Waals surface area contributed by atoms with Crippen molar-refractivity contribution in [2.24, 2.45) is 5.41 Å². The molecule has 2 heterocycles. The first kappa shape index (κ1) is 18.9. The lowest BCUT2D eigenvalue weighted by Gasteiger charge is -2.24. The quantitative estimate of drug-likeness (QED) is 0.807. The Bertz CT molecular complexity index is 861. The third-order valence-electron chi connectivity index (χ3n) is 5.56. The summed E-state index contributed by atoms with van der Waals surface area (Å²) in [4.78, 5) is 16.5. The Morgan fingerprint density at radius 2 is 2.00 bits per heavy atom. The van der Waals surface area contributed by atoms with E-state index in [2.05, 4.69) is 16.4 Å². The van der Waals surface area contributed by atoms with Gasteiger partial charge >= 0.3 is 0 Å². The van der Waals surface area contributed by atoms with Crippen LogP contribution in [-0.4, -0.2) is 36.9 Å². The number of carbonyl (C=O) groups is 1. The molecule has 6 heteroatoms. The molecule has 2 aromatic rings. The Morgan fingerprint density at radius 1 is 1.25 bits per heavy atom. The molecule has 4 rings (SSSR count). The normalized spacial score (nSPS) is 18.5. The van der Waals surface area contributed by atoms with Crippen LogP contribution >= 0.6 is 0 Å². The Morgan fingerprint density at radius 3 is 2.68 bits per heavy atom. The second-order valence-electron chi connectivity index (χ2n) is 7.71. The molecule has 0 atom stereocenters. The molecule has 1 aliphatic carbocycles. The number of rotatable bonds is 6. The SMILES string of the molecule is Cc1cc(-c2ccnc(NC(=O)C3(CF)CC3)c2)ccc1OC1CCOCC1.